The van der Waals surface area contributed by atoms with Gasteiger partial charge in [0.1, 0.15) is 11.3 Å². The van der Waals surface area contributed by atoms with Crippen LogP contribution in [0, 0.1) is 0 Å². The van der Waals surface area contributed by atoms with Gasteiger partial charge in [0, 0.05) is 18.5 Å². The van der Waals surface area contributed by atoms with Gasteiger partial charge in [-0.25, -0.2) is 0 Å². The highest BCUT2D eigenvalue weighted by molar-refractivity contribution is 5.80. The van der Waals surface area contributed by atoms with E-state index < -0.39 is 0 Å². The molecule has 21 heavy (non-hydrogen) atoms. The first-order valence-electron chi connectivity index (χ1n) is 7.30. The normalized spacial score (nSPS) is 17.8. The van der Waals surface area contributed by atoms with Crippen LogP contribution in [0.3, 0.4) is 0 Å². The third kappa shape index (κ3) is 3.43. The summed E-state index contributed by atoms with van der Waals surface area (Å²) in [7, 11) is 0. The summed E-state index contributed by atoms with van der Waals surface area (Å²) in [4.78, 5) is 14.2. The molecular formula is C16H20N2O3. The van der Waals surface area contributed by atoms with E-state index in [1.807, 2.05) is 37.3 Å². The van der Waals surface area contributed by atoms with Gasteiger partial charge < -0.3 is 14.5 Å². The first-order chi connectivity index (χ1) is 10.2. The highest BCUT2D eigenvalue weighted by Gasteiger charge is 2.17. The van der Waals surface area contributed by atoms with Crippen LogP contribution in [0.25, 0.3) is 11.0 Å². The predicted octanol–water partition coefficient (Wildman–Crippen LogP) is 1.94. The molecule has 1 amide bonds. The maximum atomic E-state index is 12.1. The lowest BCUT2D eigenvalue weighted by Crippen LogP contribution is -2.43. The fraction of sp³-hybridized carbons (Fsp3) is 0.438. The Morgan fingerprint density at radius 3 is 2.86 bits per heavy atom. The number of hydrogen-bond donors (Lipinski definition) is 1. The summed E-state index contributed by atoms with van der Waals surface area (Å²) in [5.41, 5.74) is 0.849. The molecule has 1 aromatic heterocycles. The van der Waals surface area contributed by atoms with E-state index in [9.17, 15) is 4.79 Å². The maximum Gasteiger partial charge on any atom is 0.234 e. The molecule has 1 aliphatic rings. The minimum atomic E-state index is -0.133. The zero-order valence-corrected chi connectivity index (χ0v) is 12.2. The number of furan rings is 1. The van der Waals surface area contributed by atoms with Crippen molar-refractivity contribution in [3.63, 3.8) is 0 Å². The molecule has 1 N–H and O–H groups in total. The Morgan fingerprint density at radius 1 is 1.33 bits per heavy atom. The molecule has 0 bridgehead atoms. The number of amides is 1. The summed E-state index contributed by atoms with van der Waals surface area (Å²) in [5, 5.41) is 4.05. The fourth-order valence-electron chi connectivity index (χ4n) is 2.54. The molecule has 1 aromatic carbocycles. The molecule has 1 saturated heterocycles. The van der Waals surface area contributed by atoms with Crippen LogP contribution < -0.4 is 5.32 Å². The summed E-state index contributed by atoms with van der Waals surface area (Å²) in [6, 6.07) is 9.70. The van der Waals surface area contributed by atoms with E-state index in [1.165, 1.54) is 0 Å². The van der Waals surface area contributed by atoms with Gasteiger partial charge in [0.2, 0.25) is 5.91 Å². The lowest BCUT2D eigenvalue weighted by molar-refractivity contribution is -0.124. The number of benzene rings is 1. The van der Waals surface area contributed by atoms with Crippen molar-refractivity contribution in [3.8, 4) is 0 Å². The first kappa shape index (κ1) is 14.1. The Labute approximate surface area is 123 Å². The van der Waals surface area contributed by atoms with Gasteiger partial charge in [0.05, 0.1) is 25.8 Å². The highest BCUT2D eigenvalue weighted by atomic mass is 16.5. The molecule has 2 aromatic rings. The summed E-state index contributed by atoms with van der Waals surface area (Å²) in [6.45, 7) is 5.38. The van der Waals surface area contributed by atoms with E-state index in [1.54, 1.807) is 0 Å². The van der Waals surface area contributed by atoms with Crippen LogP contribution in [0.4, 0.5) is 0 Å². The molecule has 2 heterocycles. The minimum Gasteiger partial charge on any atom is -0.459 e. The van der Waals surface area contributed by atoms with Crippen LogP contribution in [0.15, 0.2) is 34.7 Å². The second-order valence-electron chi connectivity index (χ2n) is 5.36. The van der Waals surface area contributed by atoms with Crippen molar-refractivity contribution in [1.29, 1.82) is 0 Å². The van der Waals surface area contributed by atoms with Crippen LogP contribution in [0.2, 0.25) is 0 Å². The summed E-state index contributed by atoms with van der Waals surface area (Å²) in [5.74, 6) is 0.802. The third-order valence-electron chi connectivity index (χ3n) is 3.72. The Balaban J connectivity index is 1.59. The molecule has 0 radical (unpaired) electrons. The second-order valence-corrected chi connectivity index (χ2v) is 5.36. The molecule has 5 nitrogen and oxygen atoms in total. The van der Waals surface area contributed by atoms with Crippen molar-refractivity contribution in [2.75, 3.05) is 32.8 Å². The number of hydrogen-bond acceptors (Lipinski definition) is 4. The number of carbonyl (C=O) groups is 1. The highest BCUT2D eigenvalue weighted by Crippen LogP contribution is 2.23. The van der Waals surface area contributed by atoms with E-state index >= 15 is 0 Å². The average molecular weight is 288 g/mol. The van der Waals surface area contributed by atoms with Crippen LogP contribution in [-0.4, -0.2) is 43.7 Å². The van der Waals surface area contributed by atoms with Crippen molar-refractivity contribution in [2.45, 2.75) is 13.0 Å². The Hall–Kier alpha value is -1.85. The minimum absolute atomic E-state index is 0.0184. The van der Waals surface area contributed by atoms with Gasteiger partial charge in [-0.2, -0.15) is 0 Å². The number of nitrogens with zero attached hydrogens (tertiary/aromatic N) is 1. The Kier molecular flexibility index (Phi) is 4.22. The van der Waals surface area contributed by atoms with Crippen molar-refractivity contribution in [3.05, 3.63) is 36.1 Å². The fourth-order valence-corrected chi connectivity index (χ4v) is 2.54. The zero-order chi connectivity index (χ0) is 14.7. The molecule has 1 atom stereocenters. The average Bonchev–Trinajstić information content (AvgIpc) is 2.92. The predicted molar refractivity (Wildman–Crippen MR) is 80.0 cm³/mol. The SMILES string of the molecule is C[C@@H](NC(=O)CN1CCOCC1)c1cc2ccccc2o1. The first-order valence-corrected chi connectivity index (χ1v) is 7.30. The standard InChI is InChI=1S/C16H20N2O3/c1-12(15-10-13-4-2-3-5-14(13)21-15)17-16(19)11-18-6-8-20-9-7-18/h2-5,10,12H,6-9,11H2,1H3,(H,17,19)/t12-/m1/s1. The van der Waals surface area contributed by atoms with Gasteiger partial charge >= 0.3 is 0 Å². The Bertz CT molecular complexity index is 584. The van der Waals surface area contributed by atoms with Crippen LogP contribution in [0.5, 0.6) is 0 Å². The van der Waals surface area contributed by atoms with Gasteiger partial charge in [-0.05, 0) is 19.1 Å². The monoisotopic (exact) mass is 288 g/mol. The van der Waals surface area contributed by atoms with E-state index in [0.29, 0.717) is 19.8 Å². The molecule has 0 unspecified atom stereocenters. The number of carbonyl (C=O) groups excluding carboxylic acids is 1. The molecule has 1 aliphatic heterocycles. The smallest absolute Gasteiger partial charge is 0.234 e. The molecular weight excluding hydrogens is 268 g/mol. The van der Waals surface area contributed by atoms with Gasteiger partial charge in [-0.1, -0.05) is 18.2 Å². The second kappa shape index (κ2) is 6.28. The van der Waals surface area contributed by atoms with Gasteiger partial charge in [0.15, 0.2) is 0 Å². The molecule has 112 valence electrons. The van der Waals surface area contributed by atoms with Crippen molar-refractivity contribution >= 4 is 16.9 Å². The number of para-hydroxylation sites is 1. The molecule has 5 heteroatoms. The summed E-state index contributed by atoms with van der Waals surface area (Å²) < 4.78 is 11.0. The lowest BCUT2D eigenvalue weighted by Gasteiger charge is -2.26. The van der Waals surface area contributed by atoms with E-state index in [0.717, 1.165) is 29.8 Å². The topological polar surface area (TPSA) is 54.7 Å². The van der Waals surface area contributed by atoms with Gasteiger partial charge in [0.25, 0.3) is 0 Å². The van der Waals surface area contributed by atoms with E-state index in [4.69, 9.17) is 9.15 Å². The number of morpholine rings is 1. The van der Waals surface area contributed by atoms with Crippen LogP contribution in [-0.2, 0) is 9.53 Å². The van der Waals surface area contributed by atoms with E-state index in [2.05, 4.69) is 10.2 Å². The van der Waals surface area contributed by atoms with Crippen molar-refractivity contribution < 1.29 is 13.9 Å². The van der Waals surface area contributed by atoms with Gasteiger partial charge in [-0.15, -0.1) is 0 Å². The molecule has 1 fully saturated rings. The lowest BCUT2D eigenvalue weighted by atomic mass is 10.2. The zero-order valence-electron chi connectivity index (χ0n) is 12.2. The summed E-state index contributed by atoms with van der Waals surface area (Å²) in [6.07, 6.45) is 0. The summed E-state index contributed by atoms with van der Waals surface area (Å²) >= 11 is 0. The molecule has 3 rings (SSSR count). The molecule has 0 saturated carbocycles. The third-order valence-corrected chi connectivity index (χ3v) is 3.72. The van der Waals surface area contributed by atoms with E-state index in [-0.39, 0.29) is 11.9 Å². The number of fused-ring (bicyclic) bond motifs is 1. The number of rotatable bonds is 4. The van der Waals surface area contributed by atoms with Crippen molar-refractivity contribution in [2.24, 2.45) is 0 Å². The quantitative estimate of drug-likeness (QED) is 0.934. The largest absolute Gasteiger partial charge is 0.459 e. The number of ether oxygens (including phenoxy) is 1. The van der Waals surface area contributed by atoms with Crippen molar-refractivity contribution in [1.82, 2.24) is 10.2 Å². The molecule has 0 aliphatic carbocycles. The Morgan fingerprint density at radius 2 is 2.10 bits per heavy atom. The maximum absolute atomic E-state index is 12.1. The van der Waals surface area contributed by atoms with Crippen LogP contribution in [0.1, 0.15) is 18.7 Å². The van der Waals surface area contributed by atoms with Gasteiger partial charge in [-0.3, -0.25) is 9.69 Å². The molecule has 0 spiro atoms. The number of nitrogens with one attached hydrogen (secondary N) is 1. The van der Waals surface area contributed by atoms with Crippen LogP contribution >= 0.6 is 0 Å².